The molecule has 2 aromatic rings. The second-order valence-corrected chi connectivity index (χ2v) is 6.28. The average molecular weight is 306 g/mol. The number of nitrogens with zero attached hydrogens (tertiary/aromatic N) is 2. The summed E-state index contributed by atoms with van der Waals surface area (Å²) in [7, 11) is 0. The Morgan fingerprint density at radius 3 is 2.61 bits per heavy atom. The largest absolute Gasteiger partial charge is 0.376 e. The van der Waals surface area contributed by atoms with E-state index in [4.69, 9.17) is 4.74 Å². The number of rotatable bonds is 3. The standard InChI is InChI=1S/C20H22N2O/c1-15-14-23-16(2)12-22(15)13-17-7-9-18(10-8-17)20-6-4-3-5-19(20)11-21/h3-10,15-16H,12-14H2,1-2H3. The molecule has 3 heteroatoms. The van der Waals surface area contributed by atoms with Gasteiger partial charge < -0.3 is 4.74 Å². The van der Waals surface area contributed by atoms with Crippen molar-refractivity contribution < 1.29 is 4.74 Å². The van der Waals surface area contributed by atoms with Crippen LogP contribution in [0.25, 0.3) is 11.1 Å². The quantitative estimate of drug-likeness (QED) is 0.864. The molecule has 1 aliphatic heterocycles. The van der Waals surface area contributed by atoms with Gasteiger partial charge in [-0.25, -0.2) is 0 Å². The summed E-state index contributed by atoms with van der Waals surface area (Å²) in [5.74, 6) is 0. The van der Waals surface area contributed by atoms with E-state index in [0.29, 0.717) is 12.1 Å². The van der Waals surface area contributed by atoms with Gasteiger partial charge in [0, 0.05) is 19.1 Å². The number of nitriles is 1. The zero-order chi connectivity index (χ0) is 16.2. The minimum atomic E-state index is 0.299. The Bertz CT molecular complexity index is 702. The van der Waals surface area contributed by atoms with Crippen LogP contribution in [0.5, 0.6) is 0 Å². The third-order valence-electron chi connectivity index (χ3n) is 4.44. The fraction of sp³-hybridized carbons (Fsp3) is 0.350. The highest BCUT2D eigenvalue weighted by Gasteiger charge is 2.23. The van der Waals surface area contributed by atoms with Crippen molar-refractivity contribution in [2.45, 2.75) is 32.5 Å². The Kier molecular flexibility index (Phi) is 4.76. The van der Waals surface area contributed by atoms with Crippen LogP contribution in [-0.2, 0) is 11.3 Å². The van der Waals surface area contributed by atoms with Crippen LogP contribution < -0.4 is 0 Å². The molecule has 0 bridgehead atoms. The molecule has 1 aliphatic rings. The Labute approximate surface area is 138 Å². The van der Waals surface area contributed by atoms with Gasteiger partial charge in [0.15, 0.2) is 0 Å². The number of benzene rings is 2. The van der Waals surface area contributed by atoms with Crippen LogP contribution in [0.1, 0.15) is 25.0 Å². The molecule has 0 aliphatic carbocycles. The molecule has 0 spiro atoms. The summed E-state index contributed by atoms with van der Waals surface area (Å²) >= 11 is 0. The number of ether oxygens (including phenoxy) is 1. The lowest BCUT2D eigenvalue weighted by atomic mass is 9.99. The molecule has 3 nitrogen and oxygen atoms in total. The number of morpholine rings is 1. The van der Waals surface area contributed by atoms with E-state index in [-0.39, 0.29) is 0 Å². The highest BCUT2D eigenvalue weighted by atomic mass is 16.5. The van der Waals surface area contributed by atoms with Crippen molar-refractivity contribution >= 4 is 0 Å². The average Bonchev–Trinajstić information content (AvgIpc) is 2.59. The van der Waals surface area contributed by atoms with Gasteiger partial charge in [0.1, 0.15) is 0 Å². The van der Waals surface area contributed by atoms with Crippen LogP contribution in [0.3, 0.4) is 0 Å². The molecule has 0 aromatic heterocycles. The Balaban J connectivity index is 1.76. The third-order valence-corrected chi connectivity index (χ3v) is 4.44. The van der Waals surface area contributed by atoms with E-state index < -0.39 is 0 Å². The Morgan fingerprint density at radius 2 is 1.87 bits per heavy atom. The lowest BCUT2D eigenvalue weighted by Crippen LogP contribution is -2.46. The van der Waals surface area contributed by atoms with Crippen LogP contribution >= 0.6 is 0 Å². The summed E-state index contributed by atoms with van der Waals surface area (Å²) < 4.78 is 5.69. The van der Waals surface area contributed by atoms with Gasteiger partial charge in [-0.05, 0) is 36.6 Å². The fourth-order valence-electron chi connectivity index (χ4n) is 3.05. The Morgan fingerprint density at radius 1 is 1.13 bits per heavy atom. The van der Waals surface area contributed by atoms with E-state index in [1.165, 1.54) is 5.56 Å². The minimum Gasteiger partial charge on any atom is -0.376 e. The second-order valence-electron chi connectivity index (χ2n) is 6.28. The molecule has 1 saturated heterocycles. The highest BCUT2D eigenvalue weighted by Crippen LogP contribution is 2.24. The van der Waals surface area contributed by atoms with E-state index >= 15 is 0 Å². The van der Waals surface area contributed by atoms with Gasteiger partial charge in [-0.3, -0.25) is 4.90 Å². The van der Waals surface area contributed by atoms with Crippen molar-refractivity contribution in [3.05, 3.63) is 59.7 Å². The summed E-state index contributed by atoms with van der Waals surface area (Å²) in [4.78, 5) is 2.46. The topological polar surface area (TPSA) is 36.3 Å². The highest BCUT2D eigenvalue weighted by molar-refractivity contribution is 5.70. The monoisotopic (exact) mass is 306 g/mol. The third kappa shape index (κ3) is 3.61. The van der Waals surface area contributed by atoms with Crippen molar-refractivity contribution in [1.82, 2.24) is 4.90 Å². The van der Waals surface area contributed by atoms with Crippen LogP contribution in [0, 0.1) is 11.3 Å². The molecule has 2 unspecified atom stereocenters. The first-order chi connectivity index (χ1) is 11.2. The summed E-state index contributed by atoms with van der Waals surface area (Å²) in [5.41, 5.74) is 4.10. The smallest absolute Gasteiger partial charge is 0.0998 e. The molecule has 0 amide bonds. The van der Waals surface area contributed by atoms with Crippen molar-refractivity contribution in [1.29, 1.82) is 5.26 Å². The molecular formula is C20H22N2O. The maximum absolute atomic E-state index is 9.24. The van der Waals surface area contributed by atoms with Gasteiger partial charge in [0.2, 0.25) is 0 Å². The first kappa shape index (κ1) is 15.7. The van der Waals surface area contributed by atoms with Gasteiger partial charge in [0.25, 0.3) is 0 Å². The van der Waals surface area contributed by atoms with E-state index in [2.05, 4.69) is 49.1 Å². The maximum Gasteiger partial charge on any atom is 0.0998 e. The normalized spacial score (nSPS) is 21.8. The molecule has 3 rings (SSSR count). The van der Waals surface area contributed by atoms with Crippen LogP contribution in [0.2, 0.25) is 0 Å². The predicted molar refractivity (Wildman–Crippen MR) is 91.9 cm³/mol. The van der Waals surface area contributed by atoms with Crippen molar-refractivity contribution in [3.63, 3.8) is 0 Å². The van der Waals surface area contributed by atoms with Crippen molar-refractivity contribution in [2.24, 2.45) is 0 Å². The molecular weight excluding hydrogens is 284 g/mol. The van der Waals surface area contributed by atoms with Gasteiger partial charge in [-0.15, -0.1) is 0 Å². The fourth-order valence-corrected chi connectivity index (χ4v) is 3.05. The lowest BCUT2D eigenvalue weighted by molar-refractivity contribution is -0.0526. The van der Waals surface area contributed by atoms with Gasteiger partial charge in [-0.1, -0.05) is 42.5 Å². The van der Waals surface area contributed by atoms with Gasteiger partial charge >= 0.3 is 0 Å². The lowest BCUT2D eigenvalue weighted by Gasteiger charge is -2.36. The predicted octanol–water partition coefficient (Wildman–Crippen LogP) is 3.83. The molecule has 1 heterocycles. The molecule has 0 radical (unpaired) electrons. The van der Waals surface area contributed by atoms with Crippen LogP contribution in [0.4, 0.5) is 0 Å². The SMILES string of the molecule is CC1CN(Cc2ccc(-c3ccccc3C#N)cc2)C(C)CO1. The van der Waals surface area contributed by atoms with Gasteiger partial charge in [0.05, 0.1) is 24.3 Å². The summed E-state index contributed by atoms with van der Waals surface area (Å²) in [6, 6.07) is 19.0. The maximum atomic E-state index is 9.24. The summed E-state index contributed by atoms with van der Waals surface area (Å²) in [5, 5.41) is 9.24. The van der Waals surface area contributed by atoms with Crippen LogP contribution in [-0.4, -0.2) is 30.2 Å². The zero-order valence-corrected chi connectivity index (χ0v) is 13.7. The van der Waals surface area contributed by atoms with E-state index in [1.807, 2.05) is 24.3 Å². The second kappa shape index (κ2) is 6.95. The Hall–Kier alpha value is -2.15. The molecule has 0 saturated carbocycles. The molecule has 2 aromatic carbocycles. The zero-order valence-electron chi connectivity index (χ0n) is 13.7. The summed E-state index contributed by atoms with van der Waals surface area (Å²) in [6.45, 7) is 7.05. The molecule has 118 valence electrons. The van der Waals surface area contributed by atoms with Crippen LogP contribution in [0.15, 0.2) is 48.5 Å². The van der Waals surface area contributed by atoms with E-state index in [0.717, 1.165) is 36.4 Å². The molecule has 23 heavy (non-hydrogen) atoms. The van der Waals surface area contributed by atoms with E-state index in [1.54, 1.807) is 0 Å². The molecule has 2 atom stereocenters. The van der Waals surface area contributed by atoms with Gasteiger partial charge in [-0.2, -0.15) is 5.26 Å². The first-order valence-corrected chi connectivity index (χ1v) is 8.11. The molecule has 1 fully saturated rings. The number of hydrogen-bond donors (Lipinski definition) is 0. The van der Waals surface area contributed by atoms with Crippen molar-refractivity contribution in [2.75, 3.05) is 13.2 Å². The minimum absolute atomic E-state index is 0.299. The molecule has 0 N–H and O–H groups in total. The first-order valence-electron chi connectivity index (χ1n) is 8.11. The van der Waals surface area contributed by atoms with Crippen molar-refractivity contribution in [3.8, 4) is 17.2 Å². The summed E-state index contributed by atoms with van der Waals surface area (Å²) in [6.07, 6.45) is 0.299. The number of hydrogen-bond acceptors (Lipinski definition) is 3. The van der Waals surface area contributed by atoms with E-state index in [9.17, 15) is 5.26 Å².